The third kappa shape index (κ3) is 3.95. The smallest absolute Gasteiger partial charge is 0.349 e. The molecule has 0 aliphatic rings. The minimum atomic E-state index is -0.626. The van der Waals surface area contributed by atoms with Crippen LogP contribution in [-0.4, -0.2) is 18.5 Å². The lowest BCUT2D eigenvalue weighted by Gasteiger charge is -2.07. The van der Waals surface area contributed by atoms with Crippen LogP contribution in [0.1, 0.15) is 26.3 Å². The van der Waals surface area contributed by atoms with Gasteiger partial charge in [0.25, 0.3) is 0 Å². The van der Waals surface area contributed by atoms with E-state index in [9.17, 15) is 9.59 Å². The summed E-state index contributed by atoms with van der Waals surface area (Å²) in [5.74, 6) is -0.785. The zero-order valence-electron chi connectivity index (χ0n) is 11.7. The maximum atomic E-state index is 11.6. The number of ether oxygens (including phenoxy) is 1. The number of nitrogens with zero attached hydrogens (tertiary/aromatic N) is 1. The van der Waals surface area contributed by atoms with Crippen molar-refractivity contribution in [3.8, 4) is 6.07 Å². The third-order valence-corrected chi connectivity index (χ3v) is 2.60. The molecule has 0 bridgehead atoms. The van der Waals surface area contributed by atoms with Crippen LogP contribution in [0.4, 0.5) is 5.69 Å². The van der Waals surface area contributed by atoms with E-state index in [2.05, 4.69) is 5.32 Å². The van der Waals surface area contributed by atoms with Gasteiger partial charge in [-0.3, -0.25) is 4.79 Å². The predicted molar refractivity (Wildman–Crippen MR) is 75.6 cm³/mol. The minimum Gasteiger partial charge on any atom is -0.462 e. The van der Waals surface area contributed by atoms with Crippen LogP contribution in [0, 0.1) is 11.3 Å². The normalized spacial score (nSPS) is 11.1. The van der Waals surface area contributed by atoms with Crippen LogP contribution in [0.2, 0.25) is 0 Å². The molecule has 0 aliphatic carbocycles. The number of carbonyl (C=O) groups excluding carboxylic acids is 2. The van der Waals surface area contributed by atoms with Gasteiger partial charge in [0, 0.05) is 12.6 Å². The highest BCUT2D eigenvalue weighted by Crippen LogP contribution is 2.21. The Bertz CT molecular complexity index is 580. The van der Waals surface area contributed by atoms with Gasteiger partial charge in [-0.2, -0.15) is 5.26 Å². The van der Waals surface area contributed by atoms with E-state index in [1.807, 2.05) is 6.07 Å². The molecule has 0 unspecified atom stereocenters. The van der Waals surface area contributed by atoms with Crippen LogP contribution < -0.4 is 5.32 Å². The monoisotopic (exact) mass is 272 g/mol. The van der Waals surface area contributed by atoms with Crippen molar-refractivity contribution in [3.05, 3.63) is 35.4 Å². The van der Waals surface area contributed by atoms with Crippen LogP contribution in [0.5, 0.6) is 0 Å². The second-order valence-corrected chi connectivity index (χ2v) is 4.09. The van der Waals surface area contributed by atoms with Gasteiger partial charge in [0.2, 0.25) is 5.91 Å². The van der Waals surface area contributed by atoms with Crippen molar-refractivity contribution in [1.82, 2.24) is 0 Å². The Kier molecular flexibility index (Phi) is 5.48. The van der Waals surface area contributed by atoms with Crippen molar-refractivity contribution >= 4 is 23.1 Å². The number of hydrogen-bond donors (Lipinski definition) is 1. The average molecular weight is 272 g/mol. The largest absolute Gasteiger partial charge is 0.462 e. The number of rotatable bonds is 4. The first-order chi connectivity index (χ1) is 9.49. The number of allylic oxidation sites excluding steroid dienone is 1. The lowest BCUT2D eigenvalue weighted by Crippen LogP contribution is -2.08. The van der Waals surface area contributed by atoms with Crippen molar-refractivity contribution in [3.63, 3.8) is 0 Å². The van der Waals surface area contributed by atoms with Gasteiger partial charge in [0.15, 0.2) is 0 Å². The molecule has 0 radical (unpaired) electrons. The van der Waals surface area contributed by atoms with E-state index < -0.39 is 5.97 Å². The minimum absolute atomic E-state index is 0.0147. The van der Waals surface area contributed by atoms with E-state index in [0.29, 0.717) is 11.3 Å². The number of carbonyl (C=O) groups is 2. The fourth-order valence-corrected chi connectivity index (χ4v) is 1.64. The predicted octanol–water partition coefficient (Wildman–Crippen LogP) is 2.51. The van der Waals surface area contributed by atoms with E-state index in [1.165, 1.54) is 6.92 Å². The highest BCUT2D eigenvalue weighted by molar-refractivity contribution is 6.01. The molecule has 0 aromatic heterocycles. The van der Waals surface area contributed by atoms with Gasteiger partial charge in [0.05, 0.1) is 6.61 Å². The standard InChI is InChI=1S/C15H16N2O3/c1-4-20-15(19)14(9-16)10(2)12-5-7-13(8-6-12)17-11(3)18/h5-8H,4H2,1-3H3,(H,17,18)/b14-10-. The van der Waals surface area contributed by atoms with E-state index >= 15 is 0 Å². The topological polar surface area (TPSA) is 79.2 Å². The van der Waals surface area contributed by atoms with E-state index in [4.69, 9.17) is 10.00 Å². The first-order valence-electron chi connectivity index (χ1n) is 6.15. The van der Waals surface area contributed by atoms with Crippen molar-refractivity contribution in [2.45, 2.75) is 20.8 Å². The Hall–Kier alpha value is -2.61. The van der Waals surface area contributed by atoms with Gasteiger partial charge >= 0.3 is 5.97 Å². The molecule has 1 rings (SSSR count). The fourth-order valence-electron chi connectivity index (χ4n) is 1.64. The number of esters is 1. The van der Waals surface area contributed by atoms with Crippen molar-refractivity contribution in [2.75, 3.05) is 11.9 Å². The molecule has 5 heteroatoms. The molecule has 0 fully saturated rings. The molecular weight excluding hydrogens is 256 g/mol. The molecule has 1 N–H and O–H groups in total. The summed E-state index contributed by atoms with van der Waals surface area (Å²) < 4.78 is 4.84. The summed E-state index contributed by atoms with van der Waals surface area (Å²) in [5.41, 5.74) is 1.91. The first kappa shape index (κ1) is 15.4. The maximum absolute atomic E-state index is 11.6. The molecule has 1 aromatic carbocycles. The lowest BCUT2D eigenvalue weighted by atomic mass is 10.0. The molecule has 1 aromatic rings. The Labute approximate surface area is 117 Å². The molecule has 0 heterocycles. The van der Waals surface area contributed by atoms with E-state index in [-0.39, 0.29) is 18.1 Å². The van der Waals surface area contributed by atoms with Gasteiger partial charge in [-0.05, 0) is 37.1 Å². The summed E-state index contributed by atoms with van der Waals surface area (Å²) in [7, 11) is 0. The second kappa shape index (κ2) is 7.10. The quantitative estimate of drug-likeness (QED) is 0.519. The van der Waals surface area contributed by atoms with Crippen molar-refractivity contribution in [1.29, 1.82) is 5.26 Å². The summed E-state index contributed by atoms with van der Waals surface area (Å²) in [6, 6.07) is 8.75. The average Bonchev–Trinajstić information content (AvgIpc) is 2.40. The Balaban J connectivity index is 3.06. The van der Waals surface area contributed by atoms with Crippen molar-refractivity contribution < 1.29 is 14.3 Å². The molecule has 0 aliphatic heterocycles. The van der Waals surface area contributed by atoms with Gasteiger partial charge in [-0.15, -0.1) is 0 Å². The Morgan fingerprint density at radius 2 is 1.85 bits per heavy atom. The van der Waals surface area contributed by atoms with Gasteiger partial charge in [-0.25, -0.2) is 4.79 Å². The highest BCUT2D eigenvalue weighted by Gasteiger charge is 2.14. The molecule has 0 atom stereocenters. The molecule has 20 heavy (non-hydrogen) atoms. The van der Waals surface area contributed by atoms with Crippen molar-refractivity contribution in [2.24, 2.45) is 0 Å². The molecule has 0 spiro atoms. The number of nitrogens with one attached hydrogen (secondary N) is 1. The summed E-state index contributed by atoms with van der Waals surface area (Å²) in [4.78, 5) is 22.6. The molecular formula is C15H16N2O3. The van der Waals surface area contributed by atoms with Gasteiger partial charge < -0.3 is 10.1 Å². The van der Waals surface area contributed by atoms with E-state index in [1.54, 1.807) is 38.1 Å². The van der Waals surface area contributed by atoms with Crippen LogP contribution in [0.3, 0.4) is 0 Å². The zero-order chi connectivity index (χ0) is 15.1. The number of amides is 1. The summed E-state index contributed by atoms with van der Waals surface area (Å²) in [5, 5.41) is 11.7. The molecule has 0 saturated heterocycles. The zero-order valence-corrected chi connectivity index (χ0v) is 11.7. The molecule has 1 amide bonds. The summed E-state index contributed by atoms with van der Waals surface area (Å²) >= 11 is 0. The number of nitriles is 1. The van der Waals surface area contributed by atoms with E-state index in [0.717, 1.165) is 5.56 Å². The second-order valence-electron chi connectivity index (χ2n) is 4.09. The SMILES string of the molecule is CCOC(=O)/C(C#N)=C(/C)c1ccc(NC(C)=O)cc1. The third-order valence-electron chi connectivity index (χ3n) is 2.60. The maximum Gasteiger partial charge on any atom is 0.349 e. The number of benzene rings is 1. The lowest BCUT2D eigenvalue weighted by molar-refractivity contribution is -0.137. The highest BCUT2D eigenvalue weighted by atomic mass is 16.5. The number of anilines is 1. The number of hydrogen-bond acceptors (Lipinski definition) is 4. The summed E-state index contributed by atoms with van der Waals surface area (Å²) in [6.45, 7) is 5.01. The first-order valence-corrected chi connectivity index (χ1v) is 6.15. The molecule has 0 saturated carbocycles. The van der Waals surface area contributed by atoms with Crippen LogP contribution in [0.25, 0.3) is 5.57 Å². The fraction of sp³-hybridized carbons (Fsp3) is 0.267. The molecule has 5 nitrogen and oxygen atoms in total. The summed E-state index contributed by atoms with van der Waals surface area (Å²) in [6.07, 6.45) is 0. The van der Waals surface area contributed by atoms with Crippen LogP contribution in [-0.2, 0) is 14.3 Å². The van der Waals surface area contributed by atoms with Crippen LogP contribution >= 0.6 is 0 Å². The van der Waals surface area contributed by atoms with Gasteiger partial charge in [0.1, 0.15) is 11.6 Å². The molecule has 104 valence electrons. The van der Waals surface area contributed by atoms with Crippen LogP contribution in [0.15, 0.2) is 29.8 Å². The van der Waals surface area contributed by atoms with Gasteiger partial charge in [-0.1, -0.05) is 12.1 Å². The Morgan fingerprint density at radius 1 is 1.25 bits per heavy atom. The Morgan fingerprint density at radius 3 is 2.30 bits per heavy atom.